The number of carbonyl (C=O) groups excluding carboxylic acids is 1. The highest BCUT2D eigenvalue weighted by atomic mass is 19.4. The summed E-state index contributed by atoms with van der Waals surface area (Å²) < 4.78 is 69.2. The van der Waals surface area contributed by atoms with Crippen LogP contribution >= 0.6 is 0 Å². The molecule has 0 fully saturated rings. The van der Waals surface area contributed by atoms with Gasteiger partial charge in [0.2, 0.25) is 0 Å². The zero-order chi connectivity index (χ0) is 11.6. The Hall–Kier alpha value is -1.15. The summed E-state index contributed by atoms with van der Waals surface area (Å²) in [6, 6.07) is 0. The Morgan fingerprint density at radius 3 is 1.43 bits per heavy atom. The number of halogens is 6. The van der Waals surface area contributed by atoms with Gasteiger partial charge in [0, 0.05) is 0 Å². The first-order valence-electron chi connectivity index (χ1n) is 3.11. The molecule has 1 amide bonds. The van der Waals surface area contributed by atoms with Crippen molar-refractivity contribution in [3.8, 4) is 0 Å². The van der Waals surface area contributed by atoms with Gasteiger partial charge < -0.3 is 14.8 Å². The van der Waals surface area contributed by atoms with Crippen molar-refractivity contribution in [2.45, 2.75) is 12.4 Å². The first kappa shape index (κ1) is 12.8. The molecule has 0 N–H and O–H groups in total. The molecule has 0 aliphatic rings. The van der Waals surface area contributed by atoms with E-state index in [1.807, 2.05) is 0 Å². The van der Waals surface area contributed by atoms with E-state index in [1.54, 1.807) is 0 Å². The van der Waals surface area contributed by atoms with Gasteiger partial charge in [0.25, 0.3) is 0 Å². The number of nitrogens with zero attached hydrogens (tertiary/aromatic N) is 1. The van der Waals surface area contributed by atoms with Crippen LogP contribution in [-0.4, -0.2) is 36.4 Å². The maximum absolute atomic E-state index is 11.5. The van der Waals surface area contributed by atoms with E-state index >= 15 is 0 Å². The molecular weight excluding hydrogens is 220 g/mol. The molecule has 0 unspecified atom stereocenters. The van der Waals surface area contributed by atoms with Crippen molar-refractivity contribution in [3.63, 3.8) is 0 Å². The quantitative estimate of drug-likeness (QED) is 0.650. The fraction of sp³-hybridized carbons (Fsp3) is 0.800. The minimum Gasteiger partial charge on any atom is -0.530 e. The SMILES string of the molecule is O=C([O-])N(CC(F)(F)F)CC(F)(F)F. The number of rotatable bonds is 2. The highest BCUT2D eigenvalue weighted by Crippen LogP contribution is 2.21. The Bertz CT molecular complexity index is 193. The molecule has 0 saturated carbocycles. The van der Waals surface area contributed by atoms with Crippen molar-refractivity contribution in [3.05, 3.63) is 0 Å². The van der Waals surface area contributed by atoms with Crippen LogP contribution in [0.2, 0.25) is 0 Å². The van der Waals surface area contributed by atoms with Gasteiger partial charge in [0.05, 0.1) is 0 Å². The molecule has 0 rings (SSSR count). The fourth-order valence-corrected chi connectivity index (χ4v) is 0.618. The Balaban J connectivity index is 4.40. The number of amides is 1. The Labute approximate surface area is 73.9 Å². The molecule has 0 aliphatic carbocycles. The molecule has 3 nitrogen and oxygen atoms in total. The summed E-state index contributed by atoms with van der Waals surface area (Å²) in [5.74, 6) is 0. The van der Waals surface area contributed by atoms with Crippen molar-refractivity contribution < 1.29 is 36.2 Å². The Morgan fingerprint density at radius 2 is 1.29 bits per heavy atom. The van der Waals surface area contributed by atoms with Crippen molar-refractivity contribution >= 4 is 6.09 Å². The van der Waals surface area contributed by atoms with Gasteiger partial charge in [-0.25, -0.2) is 0 Å². The minimum absolute atomic E-state index is 0.861. The van der Waals surface area contributed by atoms with Crippen molar-refractivity contribution in [1.29, 1.82) is 0 Å². The normalized spacial score (nSPS) is 12.7. The zero-order valence-corrected chi connectivity index (χ0v) is 6.45. The third kappa shape index (κ3) is 6.38. The summed E-state index contributed by atoms with van der Waals surface area (Å²) in [6.45, 7) is -4.40. The lowest BCUT2D eigenvalue weighted by molar-refractivity contribution is -0.279. The van der Waals surface area contributed by atoms with E-state index in [2.05, 4.69) is 0 Å². The van der Waals surface area contributed by atoms with Crippen molar-refractivity contribution in [2.75, 3.05) is 13.1 Å². The lowest BCUT2D eigenvalue weighted by Crippen LogP contribution is -2.49. The second-order valence-electron chi connectivity index (χ2n) is 2.35. The van der Waals surface area contributed by atoms with Crippen LogP contribution in [0.5, 0.6) is 0 Å². The highest BCUT2D eigenvalue weighted by molar-refractivity contribution is 5.62. The molecule has 0 aromatic rings. The van der Waals surface area contributed by atoms with Crippen LogP contribution in [0.25, 0.3) is 0 Å². The Kier molecular flexibility index (Phi) is 3.60. The van der Waals surface area contributed by atoms with E-state index in [0.717, 1.165) is 0 Å². The molecule has 0 atom stereocenters. The molecule has 0 radical (unpaired) electrons. The van der Waals surface area contributed by atoms with Crippen LogP contribution < -0.4 is 5.11 Å². The summed E-state index contributed by atoms with van der Waals surface area (Å²) in [6.07, 6.45) is -12.6. The average Bonchev–Trinajstić information content (AvgIpc) is 1.78. The summed E-state index contributed by atoms with van der Waals surface area (Å²) in [4.78, 5) is 9.01. The first-order valence-corrected chi connectivity index (χ1v) is 3.11. The van der Waals surface area contributed by atoms with Gasteiger partial charge in [-0.2, -0.15) is 26.3 Å². The molecule has 0 heterocycles. The first-order chi connectivity index (χ1) is 6.01. The molecule has 0 aromatic heterocycles. The van der Waals surface area contributed by atoms with E-state index in [1.165, 1.54) is 0 Å². The molecule has 0 spiro atoms. The van der Waals surface area contributed by atoms with Crippen LogP contribution in [0.4, 0.5) is 31.1 Å². The lowest BCUT2D eigenvalue weighted by atomic mass is 10.5. The van der Waals surface area contributed by atoms with Gasteiger partial charge in [0.15, 0.2) is 0 Å². The smallest absolute Gasteiger partial charge is 0.405 e. The van der Waals surface area contributed by atoms with Crippen LogP contribution in [-0.2, 0) is 0 Å². The van der Waals surface area contributed by atoms with E-state index < -0.39 is 36.4 Å². The van der Waals surface area contributed by atoms with E-state index in [9.17, 15) is 36.2 Å². The Morgan fingerprint density at radius 1 is 1.00 bits per heavy atom. The predicted molar refractivity (Wildman–Crippen MR) is 29.1 cm³/mol. The van der Waals surface area contributed by atoms with Crippen LogP contribution in [0.15, 0.2) is 0 Å². The zero-order valence-electron chi connectivity index (χ0n) is 6.45. The second kappa shape index (κ2) is 3.93. The number of carbonyl (C=O) groups is 1. The molecule has 0 saturated heterocycles. The summed E-state index contributed by atoms with van der Waals surface area (Å²) >= 11 is 0. The van der Waals surface area contributed by atoms with E-state index in [0.29, 0.717) is 0 Å². The van der Waals surface area contributed by atoms with Crippen molar-refractivity contribution in [1.82, 2.24) is 4.90 Å². The topological polar surface area (TPSA) is 43.4 Å². The fourth-order valence-electron chi connectivity index (χ4n) is 0.618. The second-order valence-corrected chi connectivity index (χ2v) is 2.35. The van der Waals surface area contributed by atoms with Gasteiger partial charge in [0.1, 0.15) is 19.2 Å². The molecule has 9 heteroatoms. The van der Waals surface area contributed by atoms with Crippen LogP contribution in [0.3, 0.4) is 0 Å². The summed E-state index contributed by atoms with van der Waals surface area (Å²) in [5.41, 5.74) is 0. The average molecular weight is 224 g/mol. The monoisotopic (exact) mass is 224 g/mol. The van der Waals surface area contributed by atoms with Gasteiger partial charge in [-0.1, -0.05) is 0 Å². The van der Waals surface area contributed by atoms with Gasteiger partial charge >= 0.3 is 12.4 Å². The molecule has 84 valence electrons. The maximum Gasteiger partial charge on any atom is 0.405 e. The number of hydrogen-bond acceptors (Lipinski definition) is 2. The van der Waals surface area contributed by atoms with Crippen LogP contribution in [0, 0.1) is 0 Å². The number of alkyl halides is 6. The molecule has 0 aliphatic heterocycles. The number of carboxylic acid groups (broad SMARTS) is 1. The predicted octanol–water partition coefficient (Wildman–Crippen LogP) is 0.756. The van der Waals surface area contributed by atoms with E-state index in [4.69, 9.17) is 0 Å². The molecule has 0 bridgehead atoms. The minimum atomic E-state index is -5.02. The maximum atomic E-state index is 11.5. The summed E-state index contributed by atoms with van der Waals surface area (Å²) in [7, 11) is 0. The highest BCUT2D eigenvalue weighted by Gasteiger charge is 2.37. The molecule has 0 aromatic carbocycles. The van der Waals surface area contributed by atoms with Gasteiger partial charge in [-0.05, 0) is 0 Å². The van der Waals surface area contributed by atoms with Gasteiger partial charge in [-0.15, -0.1) is 0 Å². The third-order valence-electron chi connectivity index (χ3n) is 0.998. The largest absolute Gasteiger partial charge is 0.530 e. The lowest BCUT2D eigenvalue weighted by Gasteiger charge is -2.26. The van der Waals surface area contributed by atoms with Crippen LogP contribution in [0.1, 0.15) is 0 Å². The third-order valence-corrected chi connectivity index (χ3v) is 0.998. The molecular formula is C5H4F6NO2-. The summed E-state index contributed by atoms with van der Waals surface area (Å²) in [5, 5.41) is 9.87. The van der Waals surface area contributed by atoms with E-state index in [-0.39, 0.29) is 0 Å². The number of hydrogen-bond donors (Lipinski definition) is 0. The van der Waals surface area contributed by atoms with Gasteiger partial charge in [-0.3, -0.25) is 0 Å². The molecule has 14 heavy (non-hydrogen) atoms. The van der Waals surface area contributed by atoms with Crippen molar-refractivity contribution in [2.24, 2.45) is 0 Å². The standard InChI is InChI=1S/C5H5F6NO2/c6-4(7,8)1-12(3(13)14)2-5(9,10)11/h1-2H2,(H,13,14)/p-1.